The number of fused-ring (bicyclic) bond motifs is 1. The first kappa shape index (κ1) is 10.2. The molecule has 4 nitrogen and oxygen atoms in total. The van der Waals surface area contributed by atoms with E-state index in [4.69, 9.17) is 14.6 Å². The summed E-state index contributed by atoms with van der Waals surface area (Å²) < 4.78 is 10.7. The van der Waals surface area contributed by atoms with Crippen LogP contribution in [-0.2, 0) is 0 Å². The fourth-order valence-electron chi connectivity index (χ4n) is 1.41. The molecule has 0 amide bonds. The minimum Gasteiger partial charge on any atom is -0.486 e. The standard InChI is InChI=1S/C10H10O4S/c1-15-9-5-8-7(13-2-3-14-8)4-6(9)10(11)12/h4-5H,2-3H2,1H3,(H,11,12). The minimum atomic E-state index is -0.948. The summed E-state index contributed by atoms with van der Waals surface area (Å²) in [5, 5.41) is 8.99. The molecule has 2 rings (SSSR count). The molecule has 1 aliphatic rings. The monoisotopic (exact) mass is 226 g/mol. The summed E-state index contributed by atoms with van der Waals surface area (Å²) in [5.74, 6) is 0.184. The number of hydrogen-bond donors (Lipinski definition) is 1. The summed E-state index contributed by atoms with van der Waals surface area (Å²) in [4.78, 5) is 11.6. The Morgan fingerprint density at radius 1 is 1.33 bits per heavy atom. The van der Waals surface area contributed by atoms with Crippen molar-refractivity contribution in [3.63, 3.8) is 0 Å². The Labute approximate surface area is 91.2 Å². The molecule has 15 heavy (non-hydrogen) atoms. The first-order valence-corrected chi connectivity index (χ1v) is 5.66. The van der Waals surface area contributed by atoms with Crippen LogP contribution in [0.15, 0.2) is 17.0 Å². The third-order valence-electron chi connectivity index (χ3n) is 2.09. The van der Waals surface area contributed by atoms with E-state index in [1.807, 2.05) is 6.26 Å². The van der Waals surface area contributed by atoms with Gasteiger partial charge in [0, 0.05) is 4.90 Å². The lowest BCUT2D eigenvalue weighted by atomic mass is 10.2. The fourth-order valence-corrected chi connectivity index (χ4v) is 2.00. The molecule has 5 heteroatoms. The second-order valence-electron chi connectivity index (χ2n) is 3.00. The fraction of sp³-hybridized carbons (Fsp3) is 0.300. The smallest absolute Gasteiger partial charge is 0.336 e. The van der Waals surface area contributed by atoms with Crippen molar-refractivity contribution in [2.75, 3.05) is 19.5 Å². The normalized spacial score (nSPS) is 13.7. The summed E-state index contributed by atoms with van der Waals surface area (Å²) in [6.45, 7) is 0.970. The van der Waals surface area contributed by atoms with Crippen molar-refractivity contribution in [3.05, 3.63) is 17.7 Å². The molecular weight excluding hydrogens is 216 g/mol. The average Bonchev–Trinajstić information content (AvgIpc) is 2.27. The predicted molar refractivity (Wildman–Crippen MR) is 56.2 cm³/mol. The van der Waals surface area contributed by atoms with Crippen molar-refractivity contribution in [1.29, 1.82) is 0 Å². The zero-order chi connectivity index (χ0) is 10.8. The number of rotatable bonds is 2. The number of hydrogen-bond acceptors (Lipinski definition) is 4. The Morgan fingerprint density at radius 2 is 1.93 bits per heavy atom. The molecule has 1 aromatic carbocycles. The van der Waals surface area contributed by atoms with Crippen LogP contribution in [-0.4, -0.2) is 30.5 Å². The van der Waals surface area contributed by atoms with E-state index in [1.165, 1.54) is 17.8 Å². The van der Waals surface area contributed by atoms with Crippen molar-refractivity contribution in [1.82, 2.24) is 0 Å². The van der Waals surface area contributed by atoms with Crippen LogP contribution in [0.3, 0.4) is 0 Å². The SMILES string of the molecule is CSc1cc2c(cc1C(=O)O)OCCO2. The van der Waals surface area contributed by atoms with E-state index >= 15 is 0 Å². The van der Waals surface area contributed by atoms with Gasteiger partial charge in [0.2, 0.25) is 0 Å². The highest BCUT2D eigenvalue weighted by molar-refractivity contribution is 7.98. The van der Waals surface area contributed by atoms with Gasteiger partial charge in [-0.05, 0) is 18.4 Å². The van der Waals surface area contributed by atoms with Crippen molar-refractivity contribution < 1.29 is 19.4 Å². The van der Waals surface area contributed by atoms with E-state index in [0.717, 1.165) is 0 Å². The lowest BCUT2D eigenvalue weighted by molar-refractivity contribution is 0.0691. The highest BCUT2D eigenvalue weighted by Crippen LogP contribution is 2.36. The van der Waals surface area contributed by atoms with E-state index < -0.39 is 5.97 Å². The van der Waals surface area contributed by atoms with Crippen LogP contribution >= 0.6 is 11.8 Å². The molecule has 0 bridgehead atoms. The molecule has 1 N–H and O–H groups in total. The lowest BCUT2D eigenvalue weighted by Crippen LogP contribution is -2.16. The summed E-state index contributed by atoms with van der Waals surface area (Å²) >= 11 is 1.38. The van der Waals surface area contributed by atoms with E-state index in [9.17, 15) is 4.79 Å². The Bertz CT molecular complexity index is 403. The molecule has 0 radical (unpaired) electrons. The van der Waals surface area contributed by atoms with Crippen LogP contribution in [0.1, 0.15) is 10.4 Å². The van der Waals surface area contributed by atoms with Crippen molar-refractivity contribution >= 4 is 17.7 Å². The Morgan fingerprint density at radius 3 is 2.47 bits per heavy atom. The molecule has 0 atom stereocenters. The zero-order valence-electron chi connectivity index (χ0n) is 8.15. The molecule has 0 spiro atoms. The summed E-state index contributed by atoms with van der Waals surface area (Å²) in [6.07, 6.45) is 1.83. The summed E-state index contributed by atoms with van der Waals surface area (Å²) in [6, 6.07) is 3.23. The Balaban J connectivity index is 2.51. The molecule has 80 valence electrons. The van der Waals surface area contributed by atoms with Crippen molar-refractivity contribution in [2.45, 2.75) is 4.90 Å². The molecule has 0 fully saturated rings. The molecule has 0 aliphatic carbocycles. The largest absolute Gasteiger partial charge is 0.486 e. The van der Waals surface area contributed by atoms with Crippen LogP contribution in [0.4, 0.5) is 0 Å². The molecule has 0 saturated heterocycles. The van der Waals surface area contributed by atoms with Crippen LogP contribution < -0.4 is 9.47 Å². The maximum Gasteiger partial charge on any atom is 0.336 e. The number of thioether (sulfide) groups is 1. The molecule has 0 saturated carbocycles. The Hall–Kier alpha value is -1.36. The van der Waals surface area contributed by atoms with Crippen LogP contribution in [0.2, 0.25) is 0 Å². The topological polar surface area (TPSA) is 55.8 Å². The minimum absolute atomic E-state index is 0.256. The number of carboxylic acids is 1. The highest BCUT2D eigenvalue weighted by Gasteiger charge is 2.18. The second kappa shape index (κ2) is 4.02. The van der Waals surface area contributed by atoms with Gasteiger partial charge in [-0.3, -0.25) is 0 Å². The summed E-state index contributed by atoms with van der Waals surface area (Å²) in [7, 11) is 0. The van der Waals surface area contributed by atoms with Gasteiger partial charge in [0.25, 0.3) is 0 Å². The van der Waals surface area contributed by atoms with E-state index in [0.29, 0.717) is 29.6 Å². The van der Waals surface area contributed by atoms with Gasteiger partial charge in [-0.2, -0.15) is 0 Å². The molecule has 0 aromatic heterocycles. The maximum atomic E-state index is 11.0. The van der Waals surface area contributed by atoms with Crippen LogP contribution in [0.25, 0.3) is 0 Å². The van der Waals surface area contributed by atoms with Crippen LogP contribution in [0.5, 0.6) is 11.5 Å². The van der Waals surface area contributed by atoms with Crippen molar-refractivity contribution in [2.24, 2.45) is 0 Å². The van der Waals surface area contributed by atoms with E-state index in [-0.39, 0.29) is 5.56 Å². The predicted octanol–water partition coefficient (Wildman–Crippen LogP) is 1.88. The van der Waals surface area contributed by atoms with Gasteiger partial charge in [-0.25, -0.2) is 4.79 Å². The average molecular weight is 226 g/mol. The zero-order valence-corrected chi connectivity index (χ0v) is 8.97. The highest BCUT2D eigenvalue weighted by atomic mass is 32.2. The van der Waals surface area contributed by atoms with Gasteiger partial charge in [-0.1, -0.05) is 0 Å². The van der Waals surface area contributed by atoms with Gasteiger partial charge in [-0.15, -0.1) is 11.8 Å². The number of ether oxygens (including phenoxy) is 2. The third-order valence-corrected chi connectivity index (χ3v) is 2.87. The quantitative estimate of drug-likeness (QED) is 0.780. The van der Waals surface area contributed by atoms with Crippen molar-refractivity contribution in [3.8, 4) is 11.5 Å². The van der Waals surface area contributed by atoms with Gasteiger partial charge >= 0.3 is 5.97 Å². The molecular formula is C10H10O4S. The Kier molecular flexibility index (Phi) is 2.73. The number of benzene rings is 1. The van der Waals surface area contributed by atoms with Gasteiger partial charge in [0.05, 0.1) is 5.56 Å². The molecule has 0 unspecified atom stereocenters. The van der Waals surface area contributed by atoms with E-state index in [1.54, 1.807) is 6.07 Å². The van der Waals surface area contributed by atoms with Gasteiger partial charge < -0.3 is 14.6 Å². The molecule has 1 aliphatic heterocycles. The van der Waals surface area contributed by atoms with Crippen LogP contribution in [0, 0.1) is 0 Å². The molecule has 1 aromatic rings. The van der Waals surface area contributed by atoms with Gasteiger partial charge in [0.1, 0.15) is 13.2 Å². The first-order valence-electron chi connectivity index (χ1n) is 4.43. The molecule has 1 heterocycles. The second-order valence-corrected chi connectivity index (χ2v) is 3.85. The summed E-state index contributed by atoms with van der Waals surface area (Å²) in [5.41, 5.74) is 0.256. The lowest BCUT2D eigenvalue weighted by Gasteiger charge is -2.19. The third kappa shape index (κ3) is 1.87. The maximum absolute atomic E-state index is 11.0. The number of aromatic carboxylic acids is 1. The van der Waals surface area contributed by atoms with E-state index in [2.05, 4.69) is 0 Å². The number of carboxylic acid groups (broad SMARTS) is 1. The first-order chi connectivity index (χ1) is 7.22. The van der Waals surface area contributed by atoms with Gasteiger partial charge in [0.15, 0.2) is 11.5 Å². The number of carbonyl (C=O) groups is 1.